The average Bonchev–Trinajstić information content (AvgIpc) is 2.63. The van der Waals surface area contributed by atoms with Crippen molar-refractivity contribution in [2.75, 3.05) is 13.2 Å². The molecule has 2 rings (SSSR count). The number of halogens is 1. The minimum atomic E-state index is -0.416. The molecule has 0 atom stereocenters. The summed E-state index contributed by atoms with van der Waals surface area (Å²) < 4.78 is 12.6. The van der Waals surface area contributed by atoms with Gasteiger partial charge in [-0.3, -0.25) is 10.1 Å². The highest BCUT2D eigenvalue weighted by molar-refractivity contribution is 9.10. The number of nitro groups is 1. The Morgan fingerprint density at radius 3 is 2.41 bits per heavy atom. The van der Waals surface area contributed by atoms with Gasteiger partial charge in [-0.1, -0.05) is 29.8 Å². The molecule has 0 aliphatic heterocycles. The molecule has 2 aromatic carbocycles. The van der Waals surface area contributed by atoms with E-state index in [2.05, 4.69) is 35.1 Å². The van der Waals surface area contributed by atoms with Crippen LogP contribution in [0.15, 0.2) is 40.9 Å². The van der Waals surface area contributed by atoms with Crippen LogP contribution in [0.5, 0.6) is 11.5 Å². The van der Waals surface area contributed by atoms with Gasteiger partial charge in [-0.25, -0.2) is 0 Å². The van der Waals surface area contributed by atoms with Crippen LogP contribution in [0.2, 0.25) is 0 Å². The Morgan fingerprint density at radius 2 is 1.81 bits per heavy atom. The van der Waals surface area contributed by atoms with Crippen molar-refractivity contribution >= 4 is 21.6 Å². The molecule has 0 heterocycles. The Labute approximate surface area is 168 Å². The van der Waals surface area contributed by atoms with Crippen molar-refractivity contribution in [3.63, 3.8) is 0 Å². The minimum Gasteiger partial charge on any atom is -0.490 e. The van der Waals surface area contributed by atoms with E-state index in [0.717, 1.165) is 28.7 Å². The molecule has 0 saturated heterocycles. The van der Waals surface area contributed by atoms with E-state index in [-0.39, 0.29) is 5.69 Å². The summed E-state index contributed by atoms with van der Waals surface area (Å²) in [6, 6.07) is 10.2. The zero-order valence-corrected chi connectivity index (χ0v) is 17.4. The van der Waals surface area contributed by atoms with Gasteiger partial charge in [-0.05, 0) is 54.8 Å². The topological polar surface area (TPSA) is 73.6 Å². The molecule has 0 fully saturated rings. The number of hydrogen-bond acceptors (Lipinski definition) is 5. The number of nitro benzene ring substituents is 1. The molecule has 27 heavy (non-hydrogen) atoms. The van der Waals surface area contributed by atoms with Crippen LogP contribution >= 0.6 is 15.9 Å². The number of benzene rings is 2. The number of nitrogens with one attached hydrogen (secondary N) is 1. The monoisotopic (exact) mass is 436 g/mol. The molecule has 0 aromatic heterocycles. The predicted molar refractivity (Wildman–Crippen MR) is 109 cm³/mol. The fraction of sp³-hybridized carbons (Fsp3) is 0.400. The number of ether oxygens (including phenoxy) is 2. The minimum absolute atomic E-state index is 0.0646. The van der Waals surface area contributed by atoms with Crippen LogP contribution < -0.4 is 14.8 Å². The van der Waals surface area contributed by atoms with Crippen molar-refractivity contribution < 1.29 is 14.4 Å². The summed E-state index contributed by atoms with van der Waals surface area (Å²) >= 11 is 3.60. The van der Waals surface area contributed by atoms with Crippen molar-refractivity contribution in [1.29, 1.82) is 0 Å². The molecule has 0 aliphatic rings. The number of hydrogen-bond donors (Lipinski definition) is 1. The fourth-order valence-electron chi connectivity index (χ4n) is 2.46. The average molecular weight is 437 g/mol. The largest absolute Gasteiger partial charge is 0.490 e. The highest BCUT2D eigenvalue weighted by Crippen LogP contribution is 2.34. The summed E-state index contributed by atoms with van der Waals surface area (Å²) in [6.45, 7) is 8.78. The predicted octanol–water partition coefficient (Wildman–Crippen LogP) is 5.08. The lowest BCUT2D eigenvalue weighted by atomic mass is 10.1. The van der Waals surface area contributed by atoms with Gasteiger partial charge in [0.25, 0.3) is 5.69 Å². The summed E-state index contributed by atoms with van der Waals surface area (Å²) in [4.78, 5) is 10.3. The van der Waals surface area contributed by atoms with Gasteiger partial charge in [-0.15, -0.1) is 0 Å². The standard InChI is InChI=1S/C20H25BrN2O4/c1-4-26-19-9-16(12-22-11-14(2)3)18(21)10-20(19)27-13-15-5-7-17(8-6-15)23(24)25/h5-10,14,22H,4,11-13H2,1-3H3. The highest BCUT2D eigenvalue weighted by atomic mass is 79.9. The number of non-ortho nitro benzene ring substituents is 1. The molecular weight excluding hydrogens is 412 g/mol. The molecule has 0 unspecified atom stereocenters. The van der Waals surface area contributed by atoms with E-state index < -0.39 is 4.92 Å². The van der Waals surface area contributed by atoms with Crippen molar-refractivity contribution in [3.05, 3.63) is 62.1 Å². The molecule has 0 radical (unpaired) electrons. The first-order valence-electron chi connectivity index (χ1n) is 8.92. The van der Waals surface area contributed by atoms with Crippen molar-refractivity contribution in [1.82, 2.24) is 5.32 Å². The van der Waals surface area contributed by atoms with E-state index >= 15 is 0 Å². The van der Waals surface area contributed by atoms with Gasteiger partial charge >= 0.3 is 0 Å². The van der Waals surface area contributed by atoms with E-state index in [4.69, 9.17) is 9.47 Å². The molecule has 0 spiro atoms. The Bertz CT molecular complexity index is 763. The van der Waals surface area contributed by atoms with Gasteiger partial charge in [0, 0.05) is 23.2 Å². The first-order chi connectivity index (χ1) is 12.9. The van der Waals surface area contributed by atoms with E-state index in [1.54, 1.807) is 12.1 Å². The Kier molecular flexibility index (Phi) is 8.06. The quantitative estimate of drug-likeness (QED) is 0.415. The first kappa shape index (κ1) is 21.2. The zero-order valence-electron chi connectivity index (χ0n) is 15.8. The van der Waals surface area contributed by atoms with E-state index in [0.29, 0.717) is 30.6 Å². The third-order valence-corrected chi connectivity index (χ3v) is 4.56. The van der Waals surface area contributed by atoms with Crippen LogP contribution in [0.1, 0.15) is 31.9 Å². The van der Waals surface area contributed by atoms with Crippen LogP contribution in [0.4, 0.5) is 5.69 Å². The highest BCUT2D eigenvalue weighted by Gasteiger charge is 2.12. The maximum atomic E-state index is 10.7. The molecule has 0 bridgehead atoms. The second-order valence-electron chi connectivity index (χ2n) is 6.56. The van der Waals surface area contributed by atoms with E-state index in [1.807, 2.05) is 19.1 Å². The summed E-state index contributed by atoms with van der Waals surface area (Å²) in [5.41, 5.74) is 2.01. The second kappa shape index (κ2) is 10.3. The second-order valence-corrected chi connectivity index (χ2v) is 7.41. The lowest BCUT2D eigenvalue weighted by Gasteiger charge is -2.16. The van der Waals surface area contributed by atoms with Crippen LogP contribution in [-0.2, 0) is 13.2 Å². The van der Waals surface area contributed by atoms with Crippen molar-refractivity contribution in [3.8, 4) is 11.5 Å². The SMILES string of the molecule is CCOc1cc(CNCC(C)C)c(Br)cc1OCc1ccc([N+](=O)[O-])cc1. The maximum Gasteiger partial charge on any atom is 0.269 e. The fourth-order valence-corrected chi connectivity index (χ4v) is 2.93. The smallest absolute Gasteiger partial charge is 0.269 e. The Hall–Kier alpha value is -2.12. The number of nitrogens with zero attached hydrogens (tertiary/aromatic N) is 1. The molecule has 6 nitrogen and oxygen atoms in total. The van der Waals surface area contributed by atoms with Crippen LogP contribution in [0, 0.1) is 16.0 Å². The molecule has 2 aromatic rings. The lowest BCUT2D eigenvalue weighted by molar-refractivity contribution is -0.384. The Balaban J connectivity index is 2.10. The van der Waals surface area contributed by atoms with Gasteiger partial charge in [0.2, 0.25) is 0 Å². The van der Waals surface area contributed by atoms with Gasteiger partial charge in [-0.2, -0.15) is 0 Å². The lowest BCUT2D eigenvalue weighted by Crippen LogP contribution is -2.19. The molecule has 1 N–H and O–H groups in total. The van der Waals surface area contributed by atoms with Crippen molar-refractivity contribution in [2.45, 2.75) is 33.9 Å². The Morgan fingerprint density at radius 1 is 1.15 bits per heavy atom. The van der Waals surface area contributed by atoms with Crippen molar-refractivity contribution in [2.24, 2.45) is 5.92 Å². The zero-order chi connectivity index (χ0) is 19.8. The normalized spacial score (nSPS) is 10.9. The van der Waals surface area contributed by atoms with Gasteiger partial charge < -0.3 is 14.8 Å². The molecule has 0 aliphatic carbocycles. The van der Waals surface area contributed by atoms with Crippen LogP contribution in [-0.4, -0.2) is 18.1 Å². The van der Waals surface area contributed by atoms with Gasteiger partial charge in [0.1, 0.15) is 6.61 Å². The summed E-state index contributed by atoms with van der Waals surface area (Å²) in [5.74, 6) is 1.90. The molecule has 7 heteroatoms. The molecule has 0 amide bonds. The van der Waals surface area contributed by atoms with E-state index in [1.165, 1.54) is 12.1 Å². The number of rotatable bonds is 10. The van der Waals surface area contributed by atoms with E-state index in [9.17, 15) is 10.1 Å². The summed E-state index contributed by atoms with van der Waals surface area (Å²) in [6.07, 6.45) is 0. The molecular formula is C20H25BrN2O4. The maximum absolute atomic E-state index is 10.7. The van der Waals surface area contributed by atoms with Gasteiger partial charge in [0.05, 0.1) is 11.5 Å². The molecule has 0 saturated carbocycles. The third kappa shape index (κ3) is 6.52. The third-order valence-electron chi connectivity index (χ3n) is 3.82. The van der Waals surface area contributed by atoms with Gasteiger partial charge in [0.15, 0.2) is 11.5 Å². The summed E-state index contributed by atoms with van der Waals surface area (Å²) in [5, 5.41) is 14.2. The van der Waals surface area contributed by atoms with Crippen LogP contribution in [0.25, 0.3) is 0 Å². The summed E-state index contributed by atoms with van der Waals surface area (Å²) in [7, 11) is 0. The van der Waals surface area contributed by atoms with Crippen LogP contribution in [0.3, 0.4) is 0 Å². The molecule has 146 valence electrons. The first-order valence-corrected chi connectivity index (χ1v) is 9.72.